The second-order valence-corrected chi connectivity index (χ2v) is 3.80. The fourth-order valence-corrected chi connectivity index (χ4v) is 1.31. The van der Waals surface area contributed by atoms with Crippen LogP contribution in [0.25, 0.3) is 0 Å². The van der Waals surface area contributed by atoms with Gasteiger partial charge in [0.25, 0.3) is 0 Å². The van der Waals surface area contributed by atoms with Crippen molar-refractivity contribution in [1.29, 1.82) is 0 Å². The molecule has 1 rings (SSSR count). The number of carbonyl (C=O) groups excluding carboxylic acids is 2. The first-order valence-corrected chi connectivity index (χ1v) is 5.34. The van der Waals surface area contributed by atoms with E-state index in [-0.39, 0.29) is 33.9 Å². The van der Waals surface area contributed by atoms with Crippen molar-refractivity contribution in [3.8, 4) is 0 Å². The third-order valence-corrected chi connectivity index (χ3v) is 2.65. The zero-order chi connectivity index (χ0) is 12.6. The number of nitrogens with two attached hydrogens (primary N) is 2. The van der Waals surface area contributed by atoms with Gasteiger partial charge in [-0.2, -0.15) is 0 Å². The molecule has 0 aromatic rings. The Morgan fingerprint density at radius 1 is 1.00 bits per heavy atom. The van der Waals surface area contributed by atoms with Gasteiger partial charge in [-0.15, -0.1) is 0 Å². The van der Waals surface area contributed by atoms with Crippen LogP contribution in [0.3, 0.4) is 0 Å². The van der Waals surface area contributed by atoms with Gasteiger partial charge in [0.15, 0.2) is 0 Å². The first kappa shape index (κ1) is 18.9. The predicted octanol–water partition coefficient (Wildman–Crippen LogP) is -2.66. The van der Waals surface area contributed by atoms with E-state index in [2.05, 4.69) is 0 Å². The molecule has 0 amide bonds. The van der Waals surface area contributed by atoms with Crippen molar-refractivity contribution in [2.45, 2.75) is 32.1 Å². The van der Waals surface area contributed by atoms with Crippen molar-refractivity contribution >= 4 is 11.9 Å². The zero-order valence-corrected chi connectivity index (χ0v) is 11.8. The van der Waals surface area contributed by atoms with Gasteiger partial charge in [0, 0.05) is 5.41 Å². The molecule has 0 spiro atoms. The van der Waals surface area contributed by atoms with Gasteiger partial charge in [0.2, 0.25) is 0 Å². The van der Waals surface area contributed by atoms with E-state index in [4.69, 9.17) is 11.5 Å². The smallest absolute Gasteiger partial charge is 0.549 e. The van der Waals surface area contributed by atoms with Gasteiger partial charge in [-0.3, -0.25) is 0 Å². The number of rotatable bonds is 5. The number of carbonyl (C=O) groups is 2. The molecule has 0 atom stereocenters. The molecule has 6 nitrogen and oxygen atoms in total. The Morgan fingerprint density at radius 2 is 1.35 bits per heavy atom. The maximum Gasteiger partial charge on any atom is 2.00 e. The number of carboxylic acids is 2. The third-order valence-electron chi connectivity index (χ3n) is 2.65. The fraction of sp³-hybridized carbons (Fsp3) is 0.800. The third kappa shape index (κ3) is 5.61. The van der Waals surface area contributed by atoms with E-state index in [1.165, 1.54) is 0 Å². The van der Waals surface area contributed by atoms with Gasteiger partial charge in [0.1, 0.15) is 0 Å². The summed E-state index contributed by atoms with van der Waals surface area (Å²) >= 11 is 0. The van der Waals surface area contributed by atoms with Crippen LogP contribution in [-0.2, 0) is 30.7 Å². The molecular weight excluding hydrogens is 407 g/mol. The average Bonchev–Trinajstić information content (AvgIpc) is 2.12. The topological polar surface area (TPSA) is 132 Å². The monoisotopic (exact) mass is 425 g/mol. The Kier molecular flexibility index (Phi) is 10.6. The van der Waals surface area contributed by atoms with E-state index in [1.54, 1.807) is 0 Å². The minimum atomic E-state index is -1.67. The van der Waals surface area contributed by atoms with Crippen LogP contribution < -0.4 is 21.7 Å². The molecule has 1 fully saturated rings. The van der Waals surface area contributed by atoms with E-state index in [0.717, 1.165) is 25.9 Å². The van der Waals surface area contributed by atoms with Crippen molar-refractivity contribution in [3.05, 3.63) is 0 Å². The summed E-state index contributed by atoms with van der Waals surface area (Å²) < 4.78 is 0. The molecule has 0 unspecified atom stereocenters. The second kappa shape index (κ2) is 9.57. The Labute approximate surface area is 115 Å². The van der Waals surface area contributed by atoms with Crippen LogP contribution >= 0.6 is 0 Å². The molecule has 4 N–H and O–H groups in total. The summed E-state index contributed by atoms with van der Waals surface area (Å²) in [4.78, 5) is 20.4. The Bertz CT molecular complexity index is 224. The summed E-state index contributed by atoms with van der Waals surface area (Å²) in [5, 5.41) is 20.4. The maximum atomic E-state index is 10.2. The molecule has 0 aromatic carbocycles. The van der Waals surface area contributed by atoms with Gasteiger partial charge in [-0.25, -0.2) is 0 Å². The van der Waals surface area contributed by atoms with Crippen molar-refractivity contribution in [1.82, 2.24) is 0 Å². The SMILES string of the molecule is NCCCCN.O=C([O-])C1(C(=O)[O-])CCC1.[Pt+2]. The molecule has 0 saturated heterocycles. The van der Waals surface area contributed by atoms with E-state index in [1.807, 2.05) is 0 Å². The summed E-state index contributed by atoms with van der Waals surface area (Å²) in [6.07, 6.45) is 3.06. The summed E-state index contributed by atoms with van der Waals surface area (Å²) in [5.74, 6) is -3.03. The molecule has 17 heavy (non-hydrogen) atoms. The second-order valence-electron chi connectivity index (χ2n) is 3.80. The molecule has 0 radical (unpaired) electrons. The molecule has 1 aliphatic carbocycles. The number of hydrogen-bond donors (Lipinski definition) is 2. The van der Waals surface area contributed by atoms with Crippen LogP contribution in [0.1, 0.15) is 32.1 Å². The first-order chi connectivity index (χ1) is 7.51. The molecule has 0 heterocycles. The zero-order valence-electron chi connectivity index (χ0n) is 9.55. The van der Waals surface area contributed by atoms with E-state index < -0.39 is 17.4 Å². The average molecular weight is 425 g/mol. The van der Waals surface area contributed by atoms with Crippen LogP contribution in [0.5, 0.6) is 0 Å². The quantitative estimate of drug-likeness (QED) is 0.365. The predicted molar refractivity (Wildman–Crippen MR) is 53.6 cm³/mol. The molecule has 0 aliphatic heterocycles. The Morgan fingerprint density at radius 3 is 1.41 bits per heavy atom. The molecular formula is C10H18N2O4Pt. The van der Waals surface area contributed by atoms with Crippen molar-refractivity contribution in [2.24, 2.45) is 16.9 Å². The number of hydrogen-bond acceptors (Lipinski definition) is 6. The summed E-state index contributed by atoms with van der Waals surface area (Å²) in [7, 11) is 0. The van der Waals surface area contributed by atoms with Gasteiger partial charge >= 0.3 is 21.1 Å². The van der Waals surface area contributed by atoms with E-state index >= 15 is 0 Å². The molecule has 7 heteroatoms. The van der Waals surface area contributed by atoms with Crippen LogP contribution in [0, 0.1) is 5.41 Å². The molecule has 1 saturated carbocycles. The largest absolute Gasteiger partial charge is 2.00 e. The number of aliphatic carboxylic acids is 2. The fourth-order valence-electron chi connectivity index (χ4n) is 1.31. The van der Waals surface area contributed by atoms with Gasteiger partial charge in [0.05, 0.1) is 11.9 Å². The van der Waals surface area contributed by atoms with E-state index in [9.17, 15) is 19.8 Å². The molecule has 0 aromatic heterocycles. The van der Waals surface area contributed by atoms with Gasteiger partial charge in [-0.05, 0) is 38.8 Å². The van der Waals surface area contributed by atoms with Crippen LogP contribution in [0.15, 0.2) is 0 Å². The van der Waals surface area contributed by atoms with Crippen LogP contribution in [-0.4, -0.2) is 25.0 Å². The van der Waals surface area contributed by atoms with Crippen molar-refractivity contribution < 1.29 is 40.9 Å². The normalized spacial score (nSPS) is 15.6. The minimum Gasteiger partial charge on any atom is -0.549 e. The van der Waals surface area contributed by atoms with Crippen LogP contribution in [0.2, 0.25) is 0 Å². The van der Waals surface area contributed by atoms with Crippen molar-refractivity contribution in [2.75, 3.05) is 13.1 Å². The minimum absolute atomic E-state index is 0. The first-order valence-electron chi connectivity index (χ1n) is 5.34. The number of carboxylic acid groups (broad SMARTS) is 2. The number of unbranched alkanes of at least 4 members (excludes halogenated alkanes) is 1. The molecule has 1 aliphatic rings. The maximum absolute atomic E-state index is 10.2. The Hall–Kier alpha value is -0.452. The Balaban J connectivity index is 0. The van der Waals surface area contributed by atoms with E-state index in [0.29, 0.717) is 6.42 Å². The molecule has 102 valence electrons. The van der Waals surface area contributed by atoms with Gasteiger partial charge < -0.3 is 31.3 Å². The van der Waals surface area contributed by atoms with Crippen molar-refractivity contribution in [3.63, 3.8) is 0 Å². The van der Waals surface area contributed by atoms with Gasteiger partial charge in [-0.1, -0.05) is 6.42 Å². The van der Waals surface area contributed by atoms with Crippen LogP contribution in [0.4, 0.5) is 0 Å². The molecule has 0 bridgehead atoms. The summed E-state index contributed by atoms with van der Waals surface area (Å²) in [6, 6.07) is 0. The summed E-state index contributed by atoms with van der Waals surface area (Å²) in [5.41, 5.74) is 8.65. The standard InChI is InChI=1S/C6H8O4.C4H12N2.Pt/c7-4(8)6(5(9)10)2-1-3-6;5-3-1-2-4-6;/h1-3H2,(H,7,8)(H,9,10);1-6H2;/q;;+2/p-2. The summed E-state index contributed by atoms with van der Waals surface area (Å²) in [6.45, 7) is 1.55.